The molecule has 1 aromatic rings. The lowest BCUT2D eigenvalue weighted by Crippen LogP contribution is -2.10. The molecule has 16 heavy (non-hydrogen) atoms. The Balaban J connectivity index is 2.24. The molecule has 0 saturated heterocycles. The van der Waals surface area contributed by atoms with Crippen molar-refractivity contribution >= 4 is 0 Å². The van der Waals surface area contributed by atoms with E-state index in [2.05, 4.69) is 13.0 Å². The van der Waals surface area contributed by atoms with E-state index in [0.717, 1.165) is 12.0 Å². The molecule has 1 heterocycles. The van der Waals surface area contributed by atoms with Crippen molar-refractivity contribution in [1.29, 1.82) is 0 Å². The smallest absolute Gasteiger partial charge is 0.160 e. The van der Waals surface area contributed by atoms with Gasteiger partial charge in [-0.15, -0.1) is 0 Å². The highest BCUT2D eigenvalue weighted by molar-refractivity contribution is 5.42. The van der Waals surface area contributed by atoms with Crippen molar-refractivity contribution in [2.75, 3.05) is 13.7 Å². The van der Waals surface area contributed by atoms with Crippen molar-refractivity contribution in [3.05, 3.63) is 35.4 Å². The zero-order chi connectivity index (χ0) is 11.5. The van der Waals surface area contributed by atoms with Gasteiger partial charge < -0.3 is 14.6 Å². The summed E-state index contributed by atoms with van der Waals surface area (Å²) in [5, 5.41) is 9.51. The van der Waals surface area contributed by atoms with E-state index in [1.165, 1.54) is 5.57 Å². The van der Waals surface area contributed by atoms with E-state index in [1.54, 1.807) is 13.2 Å². The maximum atomic E-state index is 9.51. The molecule has 0 unspecified atom stereocenters. The second-order valence-corrected chi connectivity index (χ2v) is 4.01. The Kier molecular flexibility index (Phi) is 3.15. The highest BCUT2D eigenvalue weighted by Gasteiger charge is 2.17. The third kappa shape index (κ3) is 2.19. The van der Waals surface area contributed by atoms with Gasteiger partial charge in [-0.3, -0.25) is 0 Å². The molecule has 1 aliphatic heterocycles. The predicted octanol–water partition coefficient (Wildman–Crippen LogP) is 2.81. The molecule has 86 valence electrons. The zero-order valence-corrected chi connectivity index (χ0v) is 9.56. The van der Waals surface area contributed by atoms with E-state index in [1.807, 2.05) is 12.1 Å². The lowest BCUT2D eigenvalue weighted by Gasteiger charge is -2.22. The molecule has 1 N–H and O–H groups in total. The molecule has 0 amide bonds. The molecule has 1 aliphatic rings. The fourth-order valence-electron chi connectivity index (χ4n) is 1.85. The third-order valence-electron chi connectivity index (χ3n) is 2.81. The monoisotopic (exact) mass is 220 g/mol. The topological polar surface area (TPSA) is 38.7 Å². The predicted molar refractivity (Wildman–Crippen MR) is 61.7 cm³/mol. The van der Waals surface area contributed by atoms with Crippen LogP contribution in [0, 0.1) is 0 Å². The molecule has 0 bridgehead atoms. The van der Waals surface area contributed by atoms with Crippen LogP contribution in [0.25, 0.3) is 0 Å². The first-order chi connectivity index (χ1) is 7.70. The first-order valence-electron chi connectivity index (χ1n) is 5.35. The van der Waals surface area contributed by atoms with Gasteiger partial charge in [0.1, 0.15) is 0 Å². The zero-order valence-electron chi connectivity index (χ0n) is 9.56. The molecule has 1 aromatic carbocycles. The standard InChI is InChI=1S/C13H16O3/c1-9-5-6-16-12(7-9)10-3-4-11(14)13(8-10)15-2/h3-5,8,12,14H,6-7H2,1-2H3/t12-/m1/s1. The van der Waals surface area contributed by atoms with Crippen LogP contribution in [0.1, 0.15) is 25.0 Å². The Hall–Kier alpha value is -1.48. The maximum absolute atomic E-state index is 9.51. The van der Waals surface area contributed by atoms with Crippen molar-refractivity contribution in [3.63, 3.8) is 0 Å². The van der Waals surface area contributed by atoms with Crippen LogP contribution in [0.5, 0.6) is 11.5 Å². The molecule has 0 fully saturated rings. The van der Waals surface area contributed by atoms with Gasteiger partial charge in [-0.25, -0.2) is 0 Å². The number of hydrogen-bond donors (Lipinski definition) is 1. The summed E-state index contributed by atoms with van der Waals surface area (Å²) < 4.78 is 10.7. The molecule has 3 heteroatoms. The van der Waals surface area contributed by atoms with Crippen LogP contribution in [-0.4, -0.2) is 18.8 Å². The minimum atomic E-state index is 0.0690. The molecule has 3 nitrogen and oxygen atoms in total. The molecule has 2 rings (SSSR count). The number of methoxy groups -OCH3 is 1. The largest absolute Gasteiger partial charge is 0.504 e. The van der Waals surface area contributed by atoms with Gasteiger partial charge in [-0.1, -0.05) is 17.7 Å². The minimum absolute atomic E-state index is 0.0690. The summed E-state index contributed by atoms with van der Waals surface area (Å²) in [6.45, 7) is 2.76. The van der Waals surface area contributed by atoms with E-state index in [-0.39, 0.29) is 11.9 Å². The van der Waals surface area contributed by atoms with Crippen molar-refractivity contribution in [2.45, 2.75) is 19.4 Å². The highest BCUT2D eigenvalue weighted by atomic mass is 16.5. The Morgan fingerprint density at radius 2 is 2.25 bits per heavy atom. The Morgan fingerprint density at radius 1 is 1.44 bits per heavy atom. The van der Waals surface area contributed by atoms with Crippen LogP contribution in [0.3, 0.4) is 0 Å². The van der Waals surface area contributed by atoms with Crippen LogP contribution < -0.4 is 4.74 Å². The summed E-state index contributed by atoms with van der Waals surface area (Å²) in [6, 6.07) is 5.35. The molecular formula is C13H16O3. The molecule has 0 aliphatic carbocycles. The SMILES string of the molecule is COc1cc([C@H]2CC(C)=CCO2)ccc1O. The van der Waals surface area contributed by atoms with Gasteiger partial charge in [0.05, 0.1) is 19.8 Å². The number of rotatable bonds is 2. The maximum Gasteiger partial charge on any atom is 0.160 e. The summed E-state index contributed by atoms with van der Waals surface area (Å²) in [5.41, 5.74) is 2.38. The van der Waals surface area contributed by atoms with Crippen LogP contribution >= 0.6 is 0 Å². The number of benzene rings is 1. The number of aromatic hydroxyl groups is 1. The van der Waals surface area contributed by atoms with Crippen LogP contribution in [-0.2, 0) is 4.74 Å². The lowest BCUT2D eigenvalue weighted by molar-refractivity contribution is 0.0639. The molecule has 0 radical (unpaired) electrons. The summed E-state index contributed by atoms with van der Waals surface area (Å²) in [4.78, 5) is 0. The van der Waals surface area contributed by atoms with Gasteiger partial charge in [-0.05, 0) is 31.0 Å². The van der Waals surface area contributed by atoms with Crippen LogP contribution in [0.15, 0.2) is 29.8 Å². The first-order valence-corrected chi connectivity index (χ1v) is 5.35. The summed E-state index contributed by atoms with van der Waals surface area (Å²) in [7, 11) is 1.55. The Labute approximate surface area is 95.3 Å². The quantitative estimate of drug-likeness (QED) is 0.779. The van der Waals surface area contributed by atoms with Crippen LogP contribution in [0.4, 0.5) is 0 Å². The van der Waals surface area contributed by atoms with Crippen molar-refractivity contribution in [1.82, 2.24) is 0 Å². The Bertz CT molecular complexity index is 410. The van der Waals surface area contributed by atoms with Gasteiger partial charge in [0, 0.05) is 0 Å². The average molecular weight is 220 g/mol. The van der Waals surface area contributed by atoms with Crippen LogP contribution in [0.2, 0.25) is 0 Å². The summed E-state index contributed by atoms with van der Waals surface area (Å²) in [5.74, 6) is 0.655. The molecular weight excluding hydrogens is 204 g/mol. The first kappa shape index (κ1) is 11.0. The van der Waals surface area contributed by atoms with Gasteiger partial charge in [-0.2, -0.15) is 0 Å². The van der Waals surface area contributed by atoms with Crippen molar-refractivity contribution in [2.24, 2.45) is 0 Å². The van der Waals surface area contributed by atoms with E-state index in [0.29, 0.717) is 12.4 Å². The average Bonchev–Trinajstić information content (AvgIpc) is 2.29. The highest BCUT2D eigenvalue weighted by Crippen LogP contribution is 2.34. The number of hydrogen-bond acceptors (Lipinski definition) is 3. The Morgan fingerprint density at radius 3 is 2.94 bits per heavy atom. The molecule has 0 saturated carbocycles. The normalized spacial score (nSPS) is 20.4. The number of phenols is 1. The van der Waals surface area contributed by atoms with E-state index >= 15 is 0 Å². The summed E-state index contributed by atoms with van der Waals surface area (Å²) >= 11 is 0. The van der Waals surface area contributed by atoms with Gasteiger partial charge in [0.15, 0.2) is 11.5 Å². The number of ether oxygens (including phenoxy) is 2. The van der Waals surface area contributed by atoms with Crippen molar-refractivity contribution < 1.29 is 14.6 Å². The van der Waals surface area contributed by atoms with E-state index < -0.39 is 0 Å². The minimum Gasteiger partial charge on any atom is -0.504 e. The molecule has 1 atom stereocenters. The van der Waals surface area contributed by atoms with Crippen molar-refractivity contribution in [3.8, 4) is 11.5 Å². The number of phenolic OH excluding ortho intramolecular Hbond substituents is 1. The fourth-order valence-corrected chi connectivity index (χ4v) is 1.85. The molecule has 0 spiro atoms. The van der Waals surface area contributed by atoms with E-state index in [9.17, 15) is 5.11 Å². The van der Waals surface area contributed by atoms with Gasteiger partial charge in [0.25, 0.3) is 0 Å². The molecule has 0 aromatic heterocycles. The van der Waals surface area contributed by atoms with Gasteiger partial charge >= 0.3 is 0 Å². The third-order valence-corrected chi connectivity index (χ3v) is 2.81. The van der Waals surface area contributed by atoms with E-state index in [4.69, 9.17) is 9.47 Å². The summed E-state index contributed by atoms with van der Waals surface area (Å²) in [6.07, 6.45) is 3.06. The lowest BCUT2D eigenvalue weighted by atomic mass is 10.00. The fraction of sp³-hybridized carbons (Fsp3) is 0.385. The van der Waals surface area contributed by atoms with Gasteiger partial charge in [0.2, 0.25) is 0 Å². The second-order valence-electron chi connectivity index (χ2n) is 4.01. The second kappa shape index (κ2) is 4.58.